The lowest BCUT2D eigenvalue weighted by Crippen LogP contribution is -2.34. The van der Waals surface area contributed by atoms with Gasteiger partial charge in [0.1, 0.15) is 5.82 Å². The van der Waals surface area contributed by atoms with Crippen LogP contribution >= 0.6 is 0 Å². The lowest BCUT2D eigenvalue weighted by molar-refractivity contribution is 0.530. The van der Waals surface area contributed by atoms with Crippen LogP contribution in [0.1, 0.15) is 13.8 Å². The summed E-state index contributed by atoms with van der Waals surface area (Å²) < 4.78 is 0. The van der Waals surface area contributed by atoms with Gasteiger partial charge in [-0.05, 0) is 18.1 Å². The van der Waals surface area contributed by atoms with Gasteiger partial charge in [-0.2, -0.15) is 0 Å². The number of para-hydroxylation sites is 2. The minimum absolute atomic E-state index is 0.227. The van der Waals surface area contributed by atoms with Gasteiger partial charge in [-0.1, -0.05) is 26.0 Å². The number of anilines is 1. The van der Waals surface area contributed by atoms with Crippen molar-refractivity contribution in [2.75, 3.05) is 11.9 Å². The molecule has 0 saturated carbocycles. The van der Waals surface area contributed by atoms with E-state index in [1.54, 1.807) is 6.20 Å². The normalized spacial score (nSPS) is 12.9. The largest absolute Gasteiger partial charge is 0.365 e. The Kier molecular flexibility index (Phi) is 3.54. The van der Waals surface area contributed by atoms with E-state index in [2.05, 4.69) is 29.1 Å². The fraction of sp³-hybridized carbons (Fsp3) is 0.385. The first-order valence-corrected chi connectivity index (χ1v) is 5.89. The van der Waals surface area contributed by atoms with E-state index in [4.69, 9.17) is 5.73 Å². The van der Waals surface area contributed by atoms with Crippen LogP contribution in [-0.2, 0) is 0 Å². The van der Waals surface area contributed by atoms with E-state index in [0.29, 0.717) is 12.5 Å². The van der Waals surface area contributed by atoms with Gasteiger partial charge in [-0.3, -0.25) is 4.98 Å². The number of hydrogen-bond donors (Lipinski definition) is 2. The average Bonchev–Trinajstić information content (AvgIpc) is 2.35. The van der Waals surface area contributed by atoms with E-state index in [-0.39, 0.29) is 6.04 Å². The van der Waals surface area contributed by atoms with Crippen molar-refractivity contribution in [1.82, 2.24) is 9.97 Å². The summed E-state index contributed by atoms with van der Waals surface area (Å²) in [5.41, 5.74) is 7.53. The molecule has 4 heteroatoms. The second-order valence-corrected chi connectivity index (χ2v) is 4.47. The van der Waals surface area contributed by atoms with Crippen LogP contribution in [0.25, 0.3) is 11.0 Å². The van der Waals surface area contributed by atoms with E-state index in [0.717, 1.165) is 16.9 Å². The van der Waals surface area contributed by atoms with Crippen molar-refractivity contribution in [3.63, 3.8) is 0 Å². The van der Waals surface area contributed by atoms with Crippen molar-refractivity contribution in [2.45, 2.75) is 19.9 Å². The summed E-state index contributed by atoms with van der Waals surface area (Å²) in [6, 6.07) is 8.06. The van der Waals surface area contributed by atoms with Crippen LogP contribution in [0.4, 0.5) is 5.82 Å². The number of benzene rings is 1. The Balaban J connectivity index is 2.24. The van der Waals surface area contributed by atoms with Gasteiger partial charge >= 0.3 is 0 Å². The molecule has 0 saturated heterocycles. The summed E-state index contributed by atoms with van der Waals surface area (Å²) in [5, 5.41) is 3.32. The van der Waals surface area contributed by atoms with Crippen LogP contribution < -0.4 is 11.1 Å². The summed E-state index contributed by atoms with van der Waals surface area (Å²) >= 11 is 0. The Labute approximate surface area is 101 Å². The van der Waals surface area contributed by atoms with E-state index < -0.39 is 0 Å². The molecule has 2 rings (SSSR count). The number of nitrogens with one attached hydrogen (secondary N) is 1. The van der Waals surface area contributed by atoms with Gasteiger partial charge in [-0.25, -0.2) is 4.98 Å². The molecule has 17 heavy (non-hydrogen) atoms. The monoisotopic (exact) mass is 230 g/mol. The fourth-order valence-corrected chi connectivity index (χ4v) is 1.71. The Bertz CT molecular complexity index is 495. The Morgan fingerprint density at radius 2 is 1.94 bits per heavy atom. The third-order valence-electron chi connectivity index (χ3n) is 2.84. The zero-order valence-electron chi connectivity index (χ0n) is 10.2. The molecule has 90 valence electrons. The van der Waals surface area contributed by atoms with E-state index in [1.807, 2.05) is 24.3 Å². The van der Waals surface area contributed by atoms with Crippen molar-refractivity contribution >= 4 is 16.9 Å². The maximum Gasteiger partial charge on any atom is 0.145 e. The molecule has 0 bridgehead atoms. The van der Waals surface area contributed by atoms with Crippen molar-refractivity contribution < 1.29 is 0 Å². The first-order chi connectivity index (χ1) is 8.20. The molecule has 0 fully saturated rings. The smallest absolute Gasteiger partial charge is 0.145 e. The molecule has 0 spiro atoms. The molecule has 1 unspecified atom stereocenters. The van der Waals surface area contributed by atoms with Crippen LogP contribution in [0.3, 0.4) is 0 Å². The lowest BCUT2D eigenvalue weighted by atomic mass is 10.1. The predicted molar refractivity (Wildman–Crippen MR) is 70.8 cm³/mol. The Hall–Kier alpha value is -1.68. The highest BCUT2D eigenvalue weighted by molar-refractivity contribution is 5.75. The fourth-order valence-electron chi connectivity index (χ4n) is 1.71. The summed E-state index contributed by atoms with van der Waals surface area (Å²) in [6.45, 7) is 4.87. The van der Waals surface area contributed by atoms with Crippen molar-refractivity contribution in [2.24, 2.45) is 11.7 Å². The predicted octanol–water partition coefficient (Wildman–Crippen LogP) is 2.02. The molecule has 1 aromatic heterocycles. The molecule has 1 heterocycles. The van der Waals surface area contributed by atoms with Crippen molar-refractivity contribution in [3.8, 4) is 0 Å². The number of aromatic nitrogens is 2. The van der Waals surface area contributed by atoms with E-state index in [1.165, 1.54) is 0 Å². The zero-order valence-corrected chi connectivity index (χ0v) is 10.2. The SMILES string of the molecule is CC(C)C(CN)Nc1cnc2ccccc2n1. The van der Waals surface area contributed by atoms with Gasteiger partial charge in [0.05, 0.1) is 17.2 Å². The third kappa shape index (κ3) is 2.71. The number of hydrogen-bond acceptors (Lipinski definition) is 4. The summed E-state index contributed by atoms with van der Waals surface area (Å²) in [7, 11) is 0. The van der Waals surface area contributed by atoms with Gasteiger partial charge in [0.25, 0.3) is 0 Å². The van der Waals surface area contributed by atoms with Crippen LogP contribution in [0.5, 0.6) is 0 Å². The maximum atomic E-state index is 5.72. The van der Waals surface area contributed by atoms with Gasteiger partial charge < -0.3 is 11.1 Å². The molecule has 0 aliphatic rings. The van der Waals surface area contributed by atoms with Gasteiger partial charge in [0.15, 0.2) is 0 Å². The minimum atomic E-state index is 0.227. The highest BCUT2D eigenvalue weighted by Crippen LogP contribution is 2.13. The molecule has 1 aromatic carbocycles. The number of nitrogens with zero attached hydrogens (tertiary/aromatic N) is 2. The first-order valence-electron chi connectivity index (χ1n) is 5.89. The first kappa shape index (κ1) is 11.8. The molecule has 3 N–H and O–H groups in total. The van der Waals surface area contributed by atoms with Crippen LogP contribution in [0.2, 0.25) is 0 Å². The van der Waals surface area contributed by atoms with Crippen molar-refractivity contribution in [1.29, 1.82) is 0 Å². The molecule has 0 aliphatic heterocycles. The zero-order chi connectivity index (χ0) is 12.3. The second-order valence-electron chi connectivity index (χ2n) is 4.47. The van der Waals surface area contributed by atoms with Crippen molar-refractivity contribution in [3.05, 3.63) is 30.5 Å². The molecule has 0 radical (unpaired) electrons. The van der Waals surface area contributed by atoms with Crippen LogP contribution in [-0.4, -0.2) is 22.6 Å². The molecule has 4 nitrogen and oxygen atoms in total. The third-order valence-corrected chi connectivity index (χ3v) is 2.84. The average molecular weight is 230 g/mol. The molecule has 0 aliphatic carbocycles. The van der Waals surface area contributed by atoms with Gasteiger partial charge in [0, 0.05) is 12.6 Å². The molecule has 0 amide bonds. The highest BCUT2D eigenvalue weighted by Gasteiger charge is 2.11. The Morgan fingerprint density at radius 1 is 1.24 bits per heavy atom. The standard InChI is InChI=1S/C13H18N4/c1-9(2)12(7-14)17-13-8-15-10-5-3-4-6-11(10)16-13/h3-6,8-9,12H,7,14H2,1-2H3,(H,16,17). The molecule has 2 aromatic rings. The molecule has 1 atom stereocenters. The maximum absolute atomic E-state index is 5.72. The van der Waals surface area contributed by atoms with Gasteiger partial charge in [-0.15, -0.1) is 0 Å². The Morgan fingerprint density at radius 3 is 2.59 bits per heavy atom. The summed E-state index contributed by atoms with van der Waals surface area (Å²) in [4.78, 5) is 8.88. The number of nitrogens with two attached hydrogens (primary N) is 1. The second kappa shape index (κ2) is 5.10. The molecular weight excluding hydrogens is 212 g/mol. The topological polar surface area (TPSA) is 63.8 Å². The highest BCUT2D eigenvalue weighted by atomic mass is 15.0. The van der Waals surface area contributed by atoms with E-state index in [9.17, 15) is 0 Å². The lowest BCUT2D eigenvalue weighted by Gasteiger charge is -2.20. The van der Waals surface area contributed by atoms with Crippen LogP contribution in [0.15, 0.2) is 30.5 Å². The minimum Gasteiger partial charge on any atom is -0.365 e. The quantitative estimate of drug-likeness (QED) is 0.843. The number of fused-ring (bicyclic) bond motifs is 1. The summed E-state index contributed by atoms with van der Waals surface area (Å²) in [6.07, 6.45) is 1.76. The summed E-state index contributed by atoms with van der Waals surface area (Å²) in [5.74, 6) is 1.25. The van der Waals surface area contributed by atoms with Crippen LogP contribution in [0, 0.1) is 5.92 Å². The van der Waals surface area contributed by atoms with E-state index >= 15 is 0 Å². The molecular formula is C13H18N4. The number of rotatable bonds is 4. The van der Waals surface area contributed by atoms with Gasteiger partial charge in [0.2, 0.25) is 0 Å².